The lowest BCUT2D eigenvalue weighted by Gasteiger charge is -2.27. The molecule has 3 rings (SSSR count). The standard InChI is InChI=1S/C17H15F2NO/c1-9-5-14-12(13-7-11(18)3-4-15(13)19)8-17(21)20-16(14)6-10(9)2/h3-7,12H,8H2,1-2H3,(H,20,21). The molecular weight excluding hydrogens is 272 g/mol. The lowest BCUT2D eigenvalue weighted by Crippen LogP contribution is -2.24. The third kappa shape index (κ3) is 2.42. The summed E-state index contributed by atoms with van der Waals surface area (Å²) in [5, 5.41) is 2.81. The first-order chi connectivity index (χ1) is 9.95. The number of nitrogens with one attached hydrogen (secondary N) is 1. The summed E-state index contributed by atoms with van der Waals surface area (Å²) < 4.78 is 27.5. The number of aryl methyl sites for hydroxylation is 2. The Morgan fingerprint density at radius 3 is 2.52 bits per heavy atom. The molecule has 0 bridgehead atoms. The minimum absolute atomic E-state index is 0.121. The van der Waals surface area contributed by atoms with Gasteiger partial charge in [0, 0.05) is 18.0 Å². The summed E-state index contributed by atoms with van der Waals surface area (Å²) in [7, 11) is 0. The van der Waals surface area contributed by atoms with E-state index < -0.39 is 17.6 Å². The van der Waals surface area contributed by atoms with E-state index in [9.17, 15) is 13.6 Å². The van der Waals surface area contributed by atoms with Gasteiger partial charge >= 0.3 is 0 Å². The van der Waals surface area contributed by atoms with Crippen molar-refractivity contribution in [2.45, 2.75) is 26.2 Å². The van der Waals surface area contributed by atoms with E-state index in [1.165, 1.54) is 6.07 Å². The third-order valence-corrected chi connectivity index (χ3v) is 4.04. The summed E-state index contributed by atoms with van der Waals surface area (Å²) in [5.41, 5.74) is 3.86. The molecule has 1 heterocycles. The van der Waals surface area contributed by atoms with Gasteiger partial charge in [-0.3, -0.25) is 4.79 Å². The number of halogens is 2. The summed E-state index contributed by atoms with van der Waals surface area (Å²) in [5.74, 6) is -1.62. The average Bonchev–Trinajstić information content (AvgIpc) is 2.43. The van der Waals surface area contributed by atoms with Crippen molar-refractivity contribution in [2.24, 2.45) is 0 Å². The number of fused-ring (bicyclic) bond motifs is 1. The molecule has 2 aromatic carbocycles. The van der Waals surface area contributed by atoms with Crippen molar-refractivity contribution < 1.29 is 13.6 Å². The zero-order valence-electron chi connectivity index (χ0n) is 11.8. The van der Waals surface area contributed by atoms with Crippen molar-refractivity contribution in [3.63, 3.8) is 0 Å². The molecule has 0 radical (unpaired) electrons. The molecule has 2 nitrogen and oxygen atoms in total. The van der Waals surface area contributed by atoms with Crippen LogP contribution in [0.3, 0.4) is 0 Å². The molecule has 0 saturated carbocycles. The number of carbonyl (C=O) groups is 1. The van der Waals surface area contributed by atoms with Crippen LogP contribution in [0.1, 0.15) is 34.6 Å². The smallest absolute Gasteiger partial charge is 0.225 e. The van der Waals surface area contributed by atoms with Crippen LogP contribution in [0.15, 0.2) is 30.3 Å². The Morgan fingerprint density at radius 2 is 1.76 bits per heavy atom. The Kier molecular flexibility index (Phi) is 3.24. The Bertz CT molecular complexity index is 740. The second-order valence-corrected chi connectivity index (χ2v) is 5.49. The molecule has 1 amide bonds. The molecule has 21 heavy (non-hydrogen) atoms. The zero-order chi connectivity index (χ0) is 15.1. The van der Waals surface area contributed by atoms with Crippen LogP contribution in [-0.4, -0.2) is 5.91 Å². The van der Waals surface area contributed by atoms with Crippen molar-refractivity contribution in [1.29, 1.82) is 0 Å². The summed E-state index contributed by atoms with van der Waals surface area (Å²) in [6.45, 7) is 3.92. The Labute approximate surface area is 121 Å². The predicted molar refractivity (Wildman–Crippen MR) is 77.4 cm³/mol. The van der Waals surface area contributed by atoms with Crippen LogP contribution in [0.5, 0.6) is 0 Å². The number of hydrogen-bond donors (Lipinski definition) is 1. The predicted octanol–water partition coefficient (Wildman–Crippen LogP) is 4.06. The van der Waals surface area contributed by atoms with E-state index in [0.717, 1.165) is 28.8 Å². The molecule has 0 saturated heterocycles. The van der Waals surface area contributed by atoms with E-state index >= 15 is 0 Å². The van der Waals surface area contributed by atoms with Crippen molar-refractivity contribution >= 4 is 11.6 Å². The van der Waals surface area contributed by atoms with Crippen molar-refractivity contribution in [1.82, 2.24) is 0 Å². The first-order valence-electron chi connectivity index (χ1n) is 6.81. The van der Waals surface area contributed by atoms with Crippen LogP contribution in [0.2, 0.25) is 0 Å². The fourth-order valence-corrected chi connectivity index (χ4v) is 2.79. The van der Waals surface area contributed by atoms with Gasteiger partial charge < -0.3 is 5.32 Å². The van der Waals surface area contributed by atoms with Crippen LogP contribution < -0.4 is 5.32 Å². The van der Waals surface area contributed by atoms with Gasteiger partial charge in [0.25, 0.3) is 0 Å². The lowest BCUT2D eigenvalue weighted by molar-refractivity contribution is -0.116. The van der Waals surface area contributed by atoms with Gasteiger partial charge in [0.2, 0.25) is 5.91 Å². The van der Waals surface area contributed by atoms with Gasteiger partial charge in [-0.25, -0.2) is 8.78 Å². The van der Waals surface area contributed by atoms with Gasteiger partial charge in [-0.1, -0.05) is 6.07 Å². The van der Waals surface area contributed by atoms with Crippen molar-refractivity contribution in [3.8, 4) is 0 Å². The highest BCUT2D eigenvalue weighted by atomic mass is 19.1. The fraction of sp³-hybridized carbons (Fsp3) is 0.235. The topological polar surface area (TPSA) is 29.1 Å². The Hall–Kier alpha value is -2.23. The zero-order valence-corrected chi connectivity index (χ0v) is 11.8. The second-order valence-electron chi connectivity index (χ2n) is 5.49. The molecule has 2 aromatic rings. The minimum Gasteiger partial charge on any atom is -0.326 e. The van der Waals surface area contributed by atoms with E-state index in [4.69, 9.17) is 0 Å². The second kappa shape index (κ2) is 4.95. The number of benzene rings is 2. The van der Waals surface area contributed by atoms with Crippen molar-refractivity contribution in [2.75, 3.05) is 5.32 Å². The molecule has 0 fully saturated rings. The molecule has 0 aliphatic carbocycles. The molecule has 1 unspecified atom stereocenters. The maximum Gasteiger partial charge on any atom is 0.225 e. The number of hydrogen-bond acceptors (Lipinski definition) is 1. The van der Waals surface area contributed by atoms with Crippen LogP contribution in [0.25, 0.3) is 0 Å². The van der Waals surface area contributed by atoms with Crippen LogP contribution in [-0.2, 0) is 4.79 Å². The van der Waals surface area contributed by atoms with Crippen LogP contribution in [0, 0.1) is 25.5 Å². The summed E-state index contributed by atoms with van der Waals surface area (Å²) >= 11 is 0. The Morgan fingerprint density at radius 1 is 1.05 bits per heavy atom. The van der Waals surface area contributed by atoms with E-state index in [-0.39, 0.29) is 17.9 Å². The SMILES string of the molecule is Cc1cc2c(cc1C)C(c1cc(F)ccc1F)CC(=O)N2. The molecule has 0 spiro atoms. The first-order valence-corrected chi connectivity index (χ1v) is 6.81. The largest absolute Gasteiger partial charge is 0.326 e. The molecule has 1 N–H and O–H groups in total. The fourth-order valence-electron chi connectivity index (χ4n) is 2.79. The maximum atomic E-state index is 14.1. The van der Waals surface area contributed by atoms with Gasteiger partial charge in [-0.2, -0.15) is 0 Å². The molecule has 4 heteroatoms. The van der Waals surface area contributed by atoms with E-state index in [1.54, 1.807) is 0 Å². The summed E-state index contributed by atoms with van der Waals surface area (Å²) in [4.78, 5) is 11.9. The van der Waals surface area contributed by atoms with Gasteiger partial charge in [-0.15, -0.1) is 0 Å². The van der Waals surface area contributed by atoms with Crippen molar-refractivity contribution in [3.05, 3.63) is 64.2 Å². The normalized spacial score (nSPS) is 17.3. The monoisotopic (exact) mass is 287 g/mol. The van der Waals surface area contributed by atoms with Gasteiger partial charge in [0.15, 0.2) is 0 Å². The van der Waals surface area contributed by atoms with Crippen LogP contribution in [0.4, 0.5) is 14.5 Å². The Balaban J connectivity index is 2.19. The van der Waals surface area contributed by atoms with E-state index in [0.29, 0.717) is 5.69 Å². The number of anilines is 1. The molecule has 0 aromatic heterocycles. The molecule has 108 valence electrons. The molecular formula is C17H15F2NO. The first kappa shape index (κ1) is 13.7. The lowest BCUT2D eigenvalue weighted by atomic mass is 9.83. The number of rotatable bonds is 1. The van der Waals surface area contributed by atoms with Gasteiger partial charge in [-0.05, 0) is 60.4 Å². The molecule has 1 atom stereocenters. The highest BCUT2D eigenvalue weighted by Crippen LogP contribution is 2.39. The summed E-state index contributed by atoms with van der Waals surface area (Å²) in [6.07, 6.45) is 0.121. The highest BCUT2D eigenvalue weighted by molar-refractivity contribution is 5.95. The minimum atomic E-state index is -0.497. The summed E-state index contributed by atoms with van der Waals surface area (Å²) in [6, 6.07) is 7.20. The van der Waals surface area contributed by atoms with Gasteiger partial charge in [0.05, 0.1) is 0 Å². The third-order valence-electron chi connectivity index (χ3n) is 4.04. The van der Waals surface area contributed by atoms with E-state index in [2.05, 4.69) is 5.32 Å². The maximum absolute atomic E-state index is 14.1. The molecule has 1 aliphatic rings. The average molecular weight is 287 g/mol. The number of carbonyl (C=O) groups excluding carboxylic acids is 1. The molecule has 1 aliphatic heterocycles. The number of amides is 1. The van der Waals surface area contributed by atoms with Gasteiger partial charge in [0.1, 0.15) is 11.6 Å². The highest BCUT2D eigenvalue weighted by Gasteiger charge is 2.29. The van der Waals surface area contributed by atoms with Crippen LogP contribution >= 0.6 is 0 Å². The van der Waals surface area contributed by atoms with E-state index in [1.807, 2.05) is 26.0 Å². The quantitative estimate of drug-likeness (QED) is 0.842.